The molecule has 0 atom stereocenters. The number of hydrogen-bond donors (Lipinski definition) is 1. The van der Waals surface area contributed by atoms with Gasteiger partial charge in [0.15, 0.2) is 9.84 Å². The summed E-state index contributed by atoms with van der Waals surface area (Å²) in [6.07, 6.45) is 5.32. The van der Waals surface area contributed by atoms with Crippen molar-refractivity contribution in [2.75, 3.05) is 5.75 Å². The Balaban J connectivity index is 2.13. The summed E-state index contributed by atoms with van der Waals surface area (Å²) in [4.78, 5) is 11.4. The van der Waals surface area contributed by atoms with E-state index in [9.17, 15) is 13.2 Å². The Labute approximate surface area is 142 Å². The lowest BCUT2D eigenvalue weighted by molar-refractivity contribution is 0.0999. The number of benzene rings is 1. The zero-order valence-electron chi connectivity index (χ0n) is 14.0. The highest BCUT2D eigenvalue weighted by molar-refractivity contribution is 7.92. The van der Waals surface area contributed by atoms with Gasteiger partial charge >= 0.3 is 0 Å². The van der Waals surface area contributed by atoms with E-state index in [4.69, 9.17) is 5.73 Å². The number of sulfone groups is 1. The third-order valence-corrected chi connectivity index (χ3v) is 8.28. The van der Waals surface area contributed by atoms with Gasteiger partial charge in [-0.2, -0.15) is 0 Å². The molecule has 132 valence electrons. The first-order valence-electron chi connectivity index (χ1n) is 8.60. The molecular formula is C18H24FNO3S. The lowest BCUT2D eigenvalue weighted by Crippen LogP contribution is -2.41. The van der Waals surface area contributed by atoms with Gasteiger partial charge in [0.05, 0.1) is 10.5 Å². The second-order valence-electron chi connectivity index (χ2n) is 7.24. The zero-order valence-corrected chi connectivity index (χ0v) is 14.8. The van der Waals surface area contributed by atoms with Crippen LogP contribution >= 0.6 is 0 Å². The SMILES string of the molecule is Cc1c(C(N)=O)ccc(C2(S(=O)(=O)CC3CC3)CCCCC2)c1F. The molecule has 1 aromatic rings. The second kappa shape index (κ2) is 6.14. The average Bonchev–Trinajstić information content (AvgIpc) is 3.33. The smallest absolute Gasteiger partial charge is 0.249 e. The van der Waals surface area contributed by atoms with Crippen molar-refractivity contribution in [2.45, 2.75) is 56.6 Å². The lowest BCUT2D eigenvalue weighted by atomic mass is 9.81. The fourth-order valence-corrected chi connectivity index (χ4v) is 6.61. The highest BCUT2D eigenvalue weighted by Gasteiger charge is 2.49. The summed E-state index contributed by atoms with van der Waals surface area (Å²) in [5, 5.41) is 0. The minimum atomic E-state index is -3.46. The van der Waals surface area contributed by atoms with Crippen LogP contribution in [0.5, 0.6) is 0 Å². The molecule has 6 heteroatoms. The molecule has 3 rings (SSSR count). The molecule has 2 aliphatic carbocycles. The molecule has 2 fully saturated rings. The summed E-state index contributed by atoms with van der Waals surface area (Å²) in [6, 6.07) is 2.94. The van der Waals surface area contributed by atoms with Crippen molar-refractivity contribution in [3.05, 3.63) is 34.6 Å². The minimum absolute atomic E-state index is 0.113. The standard InChI is InChI=1S/C18H24FNO3S/c1-12-14(17(20)21)7-8-15(16(12)19)18(9-3-2-4-10-18)24(22,23)11-13-5-6-13/h7-8,13H,2-6,9-11H2,1H3,(H2,20,21). The van der Waals surface area contributed by atoms with Crippen molar-refractivity contribution in [2.24, 2.45) is 11.7 Å². The van der Waals surface area contributed by atoms with Crippen molar-refractivity contribution in [3.8, 4) is 0 Å². The number of rotatable bonds is 5. The molecular weight excluding hydrogens is 329 g/mol. The van der Waals surface area contributed by atoms with Crippen LogP contribution in [0.4, 0.5) is 4.39 Å². The van der Waals surface area contributed by atoms with Crippen molar-refractivity contribution in [1.29, 1.82) is 0 Å². The molecule has 1 aromatic carbocycles. The van der Waals surface area contributed by atoms with Gasteiger partial charge in [-0.15, -0.1) is 0 Å². The van der Waals surface area contributed by atoms with E-state index in [1.165, 1.54) is 19.1 Å². The number of halogens is 1. The summed E-state index contributed by atoms with van der Waals surface area (Å²) in [7, 11) is -3.46. The highest BCUT2D eigenvalue weighted by Crippen LogP contribution is 2.48. The van der Waals surface area contributed by atoms with Crippen LogP contribution in [0.2, 0.25) is 0 Å². The van der Waals surface area contributed by atoms with Crippen molar-refractivity contribution in [1.82, 2.24) is 0 Å². The van der Waals surface area contributed by atoms with E-state index in [2.05, 4.69) is 0 Å². The summed E-state index contributed by atoms with van der Waals surface area (Å²) in [5.74, 6) is -0.921. The van der Waals surface area contributed by atoms with Gasteiger partial charge in [-0.25, -0.2) is 12.8 Å². The number of amides is 1. The fourth-order valence-electron chi connectivity index (χ4n) is 3.93. The Morgan fingerprint density at radius 1 is 1.25 bits per heavy atom. The maximum Gasteiger partial charge on any atom is 0.249 e. The quantitative estimate of drug-likeness (QED) is 0.883. The number of hydrogen-bond acceptors (Lipinski definition) is 3. The summed E-state index contributed by atoms with van der Waals surface area (Å²) >= 11 is 0. The number of carbonyl (C=O) groups excluding carboxylic acids is 1. The first kappa shape index (κ1) is 17.4. The molecule has 2 aliphatic rings. The molecule has 0 saturated heterocycles. The van der Waals surface area contributed by atoms with E-state index in [-0.39, 0.29) is 28.4 Å². The Bertz CT molecular complexity index is 763. The normalized spacial score (nSPS) is 20.8. The predicted molar refractivity (Wildman–Crippen MR) is 90.9 cm³/mol. The summed E-state index contributed by atoms with van der Waals surface area (Å²) in [5.41, 5.74) is 5.77. The van der Waals surface area contributed by atoms with Crippen LogP contribution in [0.15, 0.2) is 12.1 Å². The van der Waals surface area contributed by atoms with Crippen molar-refractivity contribution in [3.63, 3.8) is 0 Å². The van der Waals surface area contributed by atoms with E-state index in [1.807, 2.05) is 0 Å². The van der Waals surface area contributed by atoms with Gasteiger partial charge in [0, 0.05) is 11.1 Å². The predicted octanol–water partition coefficient (Wildman–Crippen LogP) is 3.22. The maximum absolute atomic E-state index is 15.1. The van der Waals surface area contributed by atoms with Crippen LogP contribution in [0, 0.1) is 18.7 Å². The Morgan fingerprint density at radius 3 is 2.42 bits per heavy atom. The molecule has 0 heterocycles. The third-order valence-electron chi connectivity index (χ3n) is 5.55. The second-order valence-corrected chi connectivity index (χ2v) is 9.59. The van der Waals surface area contributed by atoms with E-state index in [0.29, 0.717) is 12.8 Å². The Kier molecular flexibility index (Phi) is 4.45. The minimum Gasteiger partial charge on any atom is -0.366 e. The average molecular weight is 353 g/mol. The van der Waals surface area contributed by atoms with Crippen LogP contribution in [0.3, 0.4) is 0 Å². The molecule has 1 amide bonds. The van der Waals surface area contributed by atoms with Gasteiger partial charge in [-0.1, -0.05) is 25.3 Å². The monoisotopic (exact) mass is 353 g/mol. The van der Waals surface area contributed by atoms with Gasteiger partial charge in [-0.3, -0.25) is 4.79 Å². The van der Waals surface area contributed by atoms with Gasteiger partial charge in [0.2, 0.25) is 5.91 Å². The Hall–Kier alpha value is -1.43. The first-order valence-corrected chi connectivity index (χ1v) is 10.3. The maximum atomic E-state index is 15.1. The van der Waals surface area contributed by atoms with E-state index in [0.717, 1.165) is 32.1 Å². The summed E-state index contributed by atoms with van der Waals surface area (Å²) < 4.78 is 40.3. The summed E-state index contributed by atoms with van der Waals surface area (Å²) in [6.45, 7) is 1.49. The highest BCUT2D eigenvalue weighted by atomic mass is 32.2. The molecule has 24 heavy (non-hydrogen) atoms. The molecule has 0 bridgehead atoms. The molecule has 2 N–H and O–H groups in total. The number of carbonyl (C=O) groups is 1. The molecule has 0 spiro atoms. The topological polar surface area (TPSA) is 77.2 Å². The van der Waals surface area contributed by atoms with Crippen LogP contribution in [-0.4, -0.2) is 20.1 Å². The molecule has 0 aromatic heterocycles. The number of primary amides is 1. The van der Waals surface area contributed by atoms with Crippen molar-refractivity contribution < 1.29 is 17.6 Å². The molecule has 0 unspecified atom stereocenters. The van der Waals surface area contributed by atoms with Gasteiger partial charge in [0.1, 0.15) is 5.82 Å². The fraction of sp³-hybridized carbons (Fsp3) is 0.611. The van der Waals surface area contributed by atoms with Crippen LogP contribution in [-0.2, 0) is 14.6 Å². The molecule has 4 nitrogen and oxygen atoms in total. The van der Waals surface area contributed by atoms with E-state index in [1.54, 1.807) is 0 Å². The first-order chi connectivity index (χ1) is 11.3. The third kappa shape index (κ3) is 2.85. The molecule has 0 aliphatic heterocycles. The zero-order chi connectivity index (χ0) is 17.5. The lowest BCUT2D eigenvalue weighted by Gasteiger charge is -2.38. The largest absolute Gasteiger partial charge is 0.366 e. The Morgan fingerprint density at radius 2 is 1.88 bits per heavy atom. The van der Waals surface area contributed by atoms with Crippen LogP contribution < -0.4 is 5.73 Å². The number of nitrogens with two attached hydrogens (primary N) is 1. The van der Waals surface area contributed by atoms with Crippen LogP contribution in [0.1, 0.15) is 66.4 Å². The molecule has 0 radical (unpaired) electrons. The molecule has 2 saturated carbocycles. The van der Waals surface area contributed by atoms with Gasteiger partial charge < -0.3 is 5.73 Å². The van der Waals surface area contributed by atoms with E-state index < -0.39 is 26.3 Å². The van der Waals surface area contributed by atoms with Crippen molar-refractivity contribution >= 4 is 15.7 Å². The van der Waals surface area contributed by atoms with Gasteiger partial charge in [-0.05, 0) is 50.2 Å². The van der Waals surface area contributed by atoms with Gasteiger partial charge in [0.25, 0.3) is 0 Å². The van der Waals surface area contributed by atoms with Crippen LogP contribution in [0.25, 0.3) is 0 Å². The van der Waals surface area contributed by atoms with E-state index >= 15 is 4.39 Å².